The maximum absolute atomic E-state index is 12.8. The number of furan rings is 1. The average Bonchev–Trinajstić information content (AvgIpc) is 3.46. The fourth-order valence-corrected chi connectivity index (χ4v) is 3.86. The number of benzene rings is 1. The summed E-state index contributed by atoms with van der Waals surface area (Å²) in [5.74, 6) is 0.267. The molecule has 166 valence electrons. The van der Waals surface area contributed by atoms with Crippen molar-refractivity contribution >= 4 is 17.5 Å². The molecule has 0 unspecified atom stereocenters. The Hall–Kier alpha value is -3.47. The minimum Gasteiger partial charge on any atom is -0.459 e. The maximum Gasteiger partial charge on any atom is 0.573 e. The Balaban J connectivity index is 1.47. The number of alkyl halides is 3. The molecule has 4 rings (SSSR count). The fraction of sp³-hybridized carbons (Fsp3) is 0.190. The molecule has 3 aromatic heterocycles. The normalized spacial score (nSPS) is 11.7. The van der Waals surface area contributed by atoms with Crippen LogP contribution < -0.4 is 4.74 Å². The lowest BCUT2D eigenvalue weighted by Crippen LogP contribution is -2.17. The Morgan fingerprint density at radius 3 is 2.56 bits per heavy atom. The molecule has 0 aliphatic heterocycles. The van der Waals surface area contributed by atoms with Crippen LogP contribution in [-0.4, -0.2) is 32.7 Å². The van der Waals surface area contributed by atoms with Gasteiger partial charge in [0.25, 0.3) is 11.1 Å². The van der Waals surface area contributed by atoms with Crippen molar-refractivity contribution in [2.45, 2.75) is 25.4 Å². The first-order chi connectivity index (χ1) is 15.2. The molecule has 11 heteroatoms. The van der Waals surface area contributed by atoms with Gasteiger partial charge in [-0.15, -0.1) is 23.4 Å². The topological polar surface area (TPSA) is 83.3 Å². The highest BCUT2D eigenvalue weighted by Gasteiger charge is 2.31. The van der Waals surface area contributed by atoms with Gasteiger partial charge in [0.05, 0.1) is 12.0 Å². The highest BCUT2D eigenvalue weighted by atomic mass is 32.2. The second-order valence-corrected chi connectivity index (χ2v) is 7.65. The van der Waals surface area contributed by atoms with Gasteiger partial charge in [-0.1, -0.05) is 11.8 Å². The lowest BCUT2D eigenvalue weighted by molar-refractivity contribution is -0.274. The highest BCUT2D eigenvalue weighted by Crippen LogP contribution is 2.28. The molecule has 0 fully saturated rings. The van der Waals surface area contributed by atoms with E-state index < -0.39 is 6.36 Å². The molecule has 1 aromatic carbocycles. The van der Waals surface area contributed by atoms with Crippen LogP contribution in [0.15, 0.2) is 62.8 Å². The van der Waals surface area contributed by atoms with Gasteiger partial charge in [0.15, 0.2) is 11.5 Å². The van der Waals surface area contributed by atoms with E-state index in [4.69, 9.17) is 8.83 Å². The van der Waals surface area contributed by atoms with Gasteiger partial charge in [-0.25, -0.2) is 0 Å². The molecule has 3 heterocycles. The second-order valence-electron chi connectivity index (χ2n) is 6.72. The van der Waals surface area contributed by atoms with Crippen molar-refractivity contribution in [3.63, 3.8) is 0 Å². The molecule has 0 radical (unpaired) electrons. The number of thioether (sulfide) groups is 1. The van der Waals surface area contributed by atoms with E-state index in [1.807, 2.05) is 6.92 Å². The molecular weight excluding hydrogens is 447 g/mol. The molecule has 0 spiro atoms. The van der Waals surface area contributed by atoms with Crippen LogP contribution in [0, 0.1) is 13.8 Å². The summed E-state index contributed by atoms with van der Waals surface area (Å²) < 4.78 is 53.5. The van der Waals surface area contributed by atoms with Gasteiger partial charge in [-0.05, 0) is 56.3 Å². The van der Waals surface area contributed by atoms with E-state index in [1.165, 1.54) is 30.5 Å². The van der Waals surface area contributed by atoms with Crippen molar-refractivity contribution in [2.24, 2.45) is 0 Å². The van der Waals surface area contributed by atoms with Crippen molar-refractivity contribution in [1.29, 1.82) is 0 Å². The fourth-order valence-electron chi connectivity index (χ4n) is 3.21. The zero-order valence-electron chi connectivity index (χ0n) is 16.8. The Labute approximate surface area is 184 Å². The summed E-state index contributed by atoms with van der Waals surface area (Å²) in [7, 11) is 0. The van der Waals surface area contributed by atoms with Crippen LogP contribution in [0.5, 0.6) is 5.75 Å². The molecule has 0 aliphatic rings. The lowest BCUT2D eigenvalue weighted by Gasteiger charge is -2.12. The third kappa shape index (κ3) is 4.72. The third-order valence-electron chi connectivity index (χ3n) is 4.53. The summed E-state index contributed by atoms with van der Waals surface area (Å²) in [6.07, 6.45) is -3.27. The van der Waals surface area contributed by atoms with E-state index in [1.54, 1.807) is 29.7 Å². The lowest BCUT2D eigenvalue weighted by atomic mass is 10.2. The van der Waals surface area contributed by atoms with Gasteiger partial charge in [-0.2, -0.15) is 0 Å². The van der Waals surface area contributed by atoms with Crippen molar-refractivity contribution < 1.29 is 31.5 Å². The van der Waals surface area contributed by atoms with E-state index >= 15 is 0 Å². The van der Waals surface area contributed by atoms with E-state index in [-0.39, 0.29) is 28.4 Å². The smallest absolute Gasteiger partial charge is 0.459 e. The number of aromatic nitrogens is 3. The molecule has 7 nitrogen and oxygen atoms in total. The Bertz CT molecular complexity index is 1230. The predicted molar refractivity (Wildman–Crippen MR) is 109 cm³/mol. The molecule has 0 aliphatic carbocycles. The van der Waals surface area contributed by atoms with E-state index in [2.05, 4.69) is 14.9 Å². The van der Waals surface area contributed by atoms with Gasteiger partial charge in [-0.3, -0.25) is 4.79 Å². The van der Waals surface area contributed by atoms with Gasteiger partial charge < -0.3 is 18.1 Å². The number of carbonyl (C=O) groups excluding carboxylic acids is 1. The van der Waals surface area contributed by atoms with Gasteiger partial charge in [0.2, 0.25) is 0 Å². The summed E-state index contributed by atoms with van der Waals surface area (Å²) in [5, 5.41) is 8.02. The van der Waals surface area contributed by atoms with Gasteiger partial charge >= 0.3 is 6.36 Å². The Morgan fingerprint density at radius 1 is 1.16 bits per heavy atom. The molecule has 4 aromatic rings. The van der Waals surface area contributed by atoms with Crippen LogP contribution in [0.2, 0.25) is 0 Å². The van der Waals surface area contributed by atoms with Crippen molar-refractivity contribution in [2.75, 3.05) is 5.75 Å². The second kappa shape index (κ2) is 8.58. The minimum atomic E-state index is -4.75. The number of hydrogen-bond acceptors (Lipinski definition) is 7. The summed E-state index contributed by atoms with van der Waals surface area (Å²) in [4.78, 5) is 12.8. The predicted octanol–water partition coefficient (Wildman–Crippen LogP) is 5.61. The minimum absolute atomic E-state index is 0.0719. The van der Waals surface area contributed by atoms with Crippen molar-refractivity contribution in [3.05, 3.63) is 65.7 Å². The molecule has 32 heavy (non-hydrogen) atoms. The number of ketones is 1. The van der Waals surface area contributed by atoms with Crippen LogP contribution in [-0.2, 0) is 0 Å². The number of ether oxygens (including phenoxy) is 1. The number of halogens is 3. The van der Waals surface area contributed by atoms with E-state index in [9.17, 15) is 18.0 Å². The Morgan fingerprint density at radius 2 is 1.91 bits per heavy atom. The zero-order chi connectivity index (χ0) is 22.9. The van der Waals surface area contributed by atoms with Crippen LogP contribution in [0.3, 0.4) is 0 Å². The SMILES string of the molecule is Cc1cc(C(=O)CSc2nnc(-c3ccco3)o2)c(C)n1-c1ccc(OC(F)(F)F)cc1. The van der Waals surface area contributed by atoms with Crippen LogP contribution in [0.4, 0.5) is 13.2 Å². The molecule has 0 amide bonds. The van der Waals surface area contributed by atoms with Crippen molar-refractivity contribution in [1.82, 2.24) is 14.8 Å². The molecular formula is C21H16F3N3O4S. The van der Waals surface area contributed by atoms with Gasteiger partial charge in [0, 0.05) is 22.6 Å². The van der Waals surface area contributed by atoms with Gasteiger partial charge in [0.1, 0.15) is 5.75 Å². The van der Waals surface area contributed by atoms with Crippen LogP contribution in [0.1, 0.15) is 21.7 Å². The number of Topliss-reactive ketones (excluding diaryl/α,β-unsaturated/α-hetero) is 1. The monoisotopic (exact) mass is 463 g/mol. The Kier molecular flexibility index (Phi) is 5.83. The average molecular weight is 463 g/mol. The third-order valence-corrected chi connectivity index (χ3v) is 5.34. The first kappa shape index (κ1) is 21.8. The first-order valence-corrected chi connectivity index (χ1v) is 10.3. The zero-order valence-corrected chi connectivity index (χ0v) is 17.7. The first-order valence-electron chi connectivity index (χ1n) is 9.30. The van der Waals surface area contributed by atoms with E-state index in [0.717, 1.165) is 17.5 Å². The van der Waals surface area contributed by atoms with Crippen LogP contribution in [0.25, 0.3) is 17.3 Å². The van der Waals surface area contributed by atoms with Crippen molar-refractivity contribution in [3.8, 4) is 23.1 Å². The largest absolute Gasteiger partial charge is 0.573 e. The standard InChI is InChI=1S/C21H16F3N3O4S/c1-12-10-16(13(2)27(12)14-5-7-15(8-6-14)31-21(22,23)24)17(28)11-32-20-26-25-19(30-20)18-4-3-9-29-18/h3-10H,11H2,1-2H3. The molecule has 0 N–H and O–H groups in total. The summed E-state index contributed by atoms with van der Waals surface area (Å²) in [5.41, 5.74) is 2.54. The number of rotatable bonds is 7. The molecule has 0 saturated heterocycles. The van der Waals surface area contributed by atoms with E-state index in [0.29, 0.717) is 22.7 Å². The highest BCUT2D eigenvalue weighted by molar-refractivity contribution is 7.99. The maximum atomic E-state index is 12.8. The molecule has 0 bridgehead atoms. The number of nitrogens with zero attached hydrogens (tertiary/aromatic N) is 3. The summed E-state index contributed by atoms with van der Waals surface area (Å²) in [6.45, 7) is 3.58. The number of carbonyl (C=O) groups is 1. The quantitative estimate of drug-likeness (QED) is 0.260. The summed E-state index contributed by atoms with van der Waals surface area (Å²) in [6, 6.07) is 10.6. The van der Waals surface area contributed by atoms with Crippen LogP contribution >= 0.6 is 11.8 Å². The summed E-state index contributed by atoms with van der Waals surface area (Å²) >= 11 is 1.10. The number of aryl methyl sites for hydroxylation is 1. The number of hydrogen-bond donors (Lipinski definition) is 0. The molecule has 0 saturated carbocycles. The molecule has 0 atom stereocenters.